The van der Waals surface area contributed by atoms with Gasteiger partial charge in [0, 0.05) is 39.2 Å². The van der Waals surface area contributed by atoms with E-state index in [1.54, 1.807) is 7.05 Å². The Hall–Kier alpha value is -1.35. The summed E-state index contributed by atoms with van der Waals surface area (Å²) in [6.07, 6.45) is 4.64. The highest BCUT2D eigenvalue weighted by Gasteiger charge is 2.22. The summed E-state index contributed by atoms with van der Waals surface area (Å²) in [5.74, 6) is 0.922. The molecule has 1 aliphatic carbocycles. The van der Waals surface area contributed by atoms with Crippen LogP contribution in [0.3, 0.4) is 0 Å². The van der Waals surface area contributed by atoms with E-state index in [1.807, 2.05) is 18.2 Å². The first kappa shape index (κ1) is 23.7. The summed E-state index contributed by atoms with van der Waals surface area (Å²) in [5, 5.41) is 9.51. The largest absolute Gasteiger partial charge is 0.374 e. The normalized spacial score (nSPS) is 14.8. The molecule has 1 aliphatic rings. The molecule has 1 saturated carbocycles. The highest BCUT2D eigenvalue weighted by Crippen LogP contribution is 2.18. The Labute approximate surface area is 179 Å². The van der Waals surface area contributed by atoms with E-state index < -0.39 is 0 Å². The molecular formula is C20H33IN4O2. The van der Waals surface area contributed by atoms with Crippen LogP contribution >= 0.6 is 24.0 Å². The van der Waals surface area contributed by atoms with Gasteiger partial charge in [-0.25, -0.2) is 0 Å². The van der Waals surface area contributed by atoms with Gasteiger partial charge in [-0.2, -0.15) is 0 Å². The predicted octanol–water partition coefficient (Wildman–Crippen LogP) is 3.00. The van der Waals surface area contributed by atoms with Crippen molar-refractivity contribution in [2.45, 2.75) is 51.2 Å². The summed E-state index contributed by atoms with van der Waals surface area (Å²) < 4.78 is 5.86. The van der Waals surface area contributed by atoms with E-state index in [9.17, 15) is 4.79 Å². The summed E-state index contributed by atoms with van der Waals surface area (Å²) in [7, 11) is 1.75. The molecule has 6 nitrogen and oxygen atoms in total. The van der Waals surface area contributed by atoms with Crippen molar-refractivity contribution in [1.29, 1.82) is 0 Å². The first-order valence-corrected chi connectivity index (χ1v) is 9.59. The number of rotatable bonds is 11. The minimum Gasteiger partial charge on any atom is -0.374 e. The number of carbonyl (C=O) groups excluding carboxylic acids is 1. The Morgan fingerprint density at radius 3 is 2.48 bits per heavy atom. The molecule has 0 heterocycles. The van der Waals surface area contributed by atoms with Crippen molar-refractivity contribution in [3.63, 3.8) is 0 Å². The van der Waals surface area contributed by atoms with E-state index in [-0.39, 0.29) is 36.0 Å². The molecule has 1 amide bonds. The second-order valence-corrected chi connectivity index (χ2v) is 6.65. The molecule has 0 aromatic heterocycles. The number of carbonyl (C=O) groups is 1. The first-order valence-electron chi connectivity index (χ1n) is 9.59. The lowest BCUT2D eigenvalue weighted by Crippen LogP contribution is -2.38. The topological polar surface area (TPSA) is 74.8 Å². The van der Waals surface area contributed by atoms with Gasteiger partial charge in [-0.3, -0.25) is 9.79 Å². The van der Waals surface area contributed by atoms with Gasteiger partial charge >= 0.3 is 0 Å². The fourth-order valence-corrected chi connectivity index (χ4v) is 2.56. The number of amides is 1. The smallest absolute Gasteiger partial charge is 0.220 e. The average Bonchev–Trinajstić information content (AvgIpc) is 3.47. The van der Waals surface area contributed by atoms with Gasteiger partial charge in [0.25, 0.3) is 0 Å². The monoisotopic (exact) mass is 488 g/mol. The summed E-state index contributed by atoms with van der Waals surface area (Å²) >= 11 is 0. The predicted molar refractivity (Wildman–Crippen MR) is 121 cm³/mol. The minimum absolute atomic E-state index is 0. The van der Waals surface area contributed by atoms with E-state index in [1.165, 1.54) is 5.56 Å². The van der Waals surface area contributed by atoms with Gasteiger partial charge in [0.15, 0.2) is 5.96 Å². The fourth-order valence-electron chi connectivity index (χ4n) is 2.56. The van der Waals surface area contributed by atoms with E-state index >= 15 is 0 Å². The van der Waals surface area contributed by atoms with Gasteiger partial charge in [0.05, 0.1) is 6.10 Å². The van der Waals surface area contributed by atoms with Crippen LogP contribution in [0.2, 0.25) is 0 Å². The molecule has 0 radical (unpaired) electrons. The average molecular weight is 488 g/mol. The number of ether oxygens (including phenoxy) is 1. The summed E-state index contributed by atoms with van der Waals surface area (Å²) in [6, 6.07) is 10.7. The number of hydrogen-bond acceptors (Lipinski definition) is 3. The van der Waals surface area contributed by atoms with Crippen LogP contribution in [0, 0.1) is 0 Å². The van der Waals surface area contributed by atoms with Gasteiger partial charge in [-0.1, -0.05) is 30.3 Å². The standard InChI is InChI=1S/C20H32N4O2.HI/c1-16(17-8-4-3-5-9-17)26-15-7-14-23-20(21-2)22-13-6-10-19(25)24-18-11-12-18;/h3-5,8-9,16,18H,6-7,10-15H2,1-2H3,(H,24,25)(H2,21,22,23);1H. The van der Waals surface area contributed by atoms with Crippen LogP contribution in [0.25, 0.3) is 0 Å². The molecule has 152 valence electrons. The van der Waals surface area contributed by atoms with Crippen molar-refractivity contribution >= 4 is 35.8 Å². The van der Waals surface area contributed by atoms with Gasteiger partial charge in [-0.05, 0) is 38.2 Å². The molecule has 1 atom stereocenters. The van der Waals surface area contributed by atoms with Crippen molar-refractivity contribution in [2.75, 3.05) is 26.7 Å². The van der Waals surface area contributed by atoms with Gasteiger partial charge < -0.3 is 20.7 Å². The van der Waals surface area contributed by atoms with Crippen LogP contribution in [-0.4, -0.2) is 44.7 Å². The van der Waals surface area contributed by atoms with Gasteiger partial charge in [0.1, 0.15) is 0 Å². The number of benzene rings is 1. The van der Waals surface area contributed by atoms with Crippen LogP contribution in [0.4, 0.5) is 0 Å². The van der Waals surface area contributed by atoms with Crippen molar-refractivity contribution in [3.05, 3.63) is 35.9 Å². The maximum atomic E-state index is 11.6. The second kappa shape index (κ2) is 13.8. The van der Waals surface area contributed by atoms with Crippen LogP contribution in [-0.2, 0) is 9.53 Å². The molecule has 1 unspecified atom stereocenters. The molecule has 0 spiro atoms. The number of nitrogens with one attached hydrogen (secondary N) is 3. The Balaban J connectivity index is 0.00000364. The zero-order valence-electron chi connectivity index (χ0n) is 16.4. The minimum atomic E-state index is 0. The number of nitrogens with zero attached hydrogens (tertiary/aromatic N) is 1. The lowest BCUT2D eigenvalue weighted by atomic mass is 10.1. The molecule has 2 rings (SSSR count). The molecule has 1 aromatic rings. The number of halogens is 1. The van der Waals surface area contributed by atoms with E-state index in [0.717, 1.165) is 44.7 Å². The second-order valence-electron chi connectivity index (χ2n) is 6.65. The molecule has 27 heavy (non-hydrogen) atoms. The molecule has 1 aromatic carbocycles. The van der Waals surface area contributed by atoms with Gasteiger partial charge in [-0.15, -0.1) is 24.0 Å². The maximum absolute atomic E-state index is 11.6. The van der Waals surface area contributed by atoms with Crippen LogP contribution < -0.4 is 16.0 Å². The third kappa shape index (κ3) is 10.5. The SMILES string of the molecule is CN=C(NCCCOC(C)c1ccccc1)NCCCC(=O)NC1CC1.I. The van der Waals surface area contributed by atoms with Crippen molar-refractivity contribution in [3.8, 4) is 0 Å². The van der Waals surface area contributed by atoms with Crippen molar-refractivity contribution in [2.24, 2.45) is 4.99 Å². The molecule has 1 fully saturated rings. The zero-order valence-corrected chi connectivity index (χ0v) is 18.7. The summed E-state index contributed by atoms with van der Waals surface area (Å²) in [5.41, 5.74) is 1.20. The molecule has 0 aliphatic heterocycles. The number of aliphatic imine (C=N–C) groups is 1. The van der Waals surface area contributed by atoms with Crippen LogP contribution in [0.1, 0.15) is 50.7 Å². The van der Waals surface area contributed by atoms with Crippen LogP contribution in [0.5, 0.6) is 0 Å². The quantitative estimate of drug-likeness (QED) is 0.194. The lowest BCUT2D eigenvalue weighted by molar-refractivity contribution is -0.121. The molecular weight excluding hydrogens is 455 g/mol. The van der Waals surface area contributed by atoms with Gasteiger partial charge in [0.2, 0.25) is 5.91 Å². The Morgan fingerprint density at radius 2 is 1.85 bits per heavy atom. The third-order valence-electron chi connectivity index (χ3n) is 4.29. The zero-order chi connectivity index (χ0) is 18.6. The molecule has 7 heteroatoms. The Kier molecular flexibility index (Phi) is 12.1. The Morgan fingerprint density at radius 1 is 1.19 bits per heavy atom. The third-order valence-corrected chi connectivity index (χ3v) is 4.29. The highest BCUT2D eigenvalue weighted by molar-refractivity contribution is 14.0. The number of guanidine groups is 1. The van der Waals surface area contributed by atoms with Crippen molar-refractivity contribution < 1.29 is 9.53 Å². The maximum Gasteiger partial charge on any atom is 0.220 e. The highest BCUT2D eigenvalue weighted by atomic mass is 127. The molecule has 0 bridgehead atoms. The van der Waals surface area contributed by atoms with Crippen LogP contribution in [0.15, 0.2) is 35.3 Å². The number of hydrogen-bond donors (Lipinski definition) is 3. The van der Waals surface area contributed by atoms with E-state index in [0.29, 0.717) is 19.1 Å². The van der Waals surface area contributed by atoms with E-state index in [4.69, 9.17) is 4.74 Å². The summed E-state index contributed by atoms with van der Waals surface area (Å²) in [4.78, 5) is 15.8. The lowest BCUT2D eigenvalue weighted by Gasteiger charge is -2.15. The summed E-state index contributed by atoms with van der Waals surface area (Å²) in [6.45, 7) is 4.30. The Bertz CT molecular complexity index is 564. The molecule has 3 N–H and O–H groups in total. The van der Waals surface area contributed by atoms with Crippen molar-refractivity contribution in [1.82, 2.24) is 16.0 Å². The fraction of sp³-hybridized carbons (Fsp3) is 0.600. The first-order chi connectivity index (χ1) is 12.7. The van der Waals surface area contributed by atoms with E-state index in [2.05, 4.69) is 40.0 Å². The molecule has 0 saturated heterocycles.